The summed E-state index contributed by atoms with van der Waals surface area (Å²) in [5, 5.41) is 33.7. The van der Waals surface area contributed by atoms with Crippen molar-refractivity contribution in [3.05, 3.63) is 106 Å². The number of fused-ring (bicyclic) bond motifs is 6. The molecule has 4 bridgehead atoms. The van der Waals surface area contributed by atoms with Crippen molar-refractivity contribution in [1.29, 1.82) is 0 Å². The standard InChI is InChI=1S/C30H34O9.C10H18O3.C8H4Cl2O2.C2H6O2/c1-18(31)19-6-8-21(9-7-19)27(33)37-24-16-23-17-25(30(24,4)39-29(23,2)3)38-28(34)22-12-10-20(11-13-22)26(32)36-15-14-35-5;1-9(2)6-4-7(11)10(3,13-9)8(12)5-6;9-7(11)5-1-2-6(4-3-5)8(10)12;3-1-2-4/h6-13,23-25H,14-17H2,1-5H3;6-8,11-12H,4-5H2,1-3H3;1-4H;3-4H,1-2H2. The van der Waals surface area contributed by atoms with Crippen LogP contribution in [0.15, 0.2) is 72.8 Å². The van der Waals surface area contributed by atoms with Gasteiger partial charge in [0.25, 0.3) is 10.5 Å². The number of carbonyl (C=O) groups excluding carboxylic acids is 6. The van der Waals surface area contributed by atoms with Gasteiger partial charge in [-0.2, -0.15) is 0 Å². The zero-order chi connectivity index (χ0) is 50.8. The van der Waals surface area contributed by atoms with Gasteiger partial charge >= 0.3 is 17.9 Å². The van der Waals surface area contributed by atoms with Gasteiger partial charge in [0.1, 0.15) is 30.0 Å². The van der Waals surface area contributed by atoms with Crippen LogP contribution < -0.4 is 0 Å². The lowest BCUT2D eigenvalue weighted by atomic mass is 9.65. The van der Waals surface area contributed by atoms with E-state index in [0.29, 0.717) is 47.3 Å². The Labute approximate surface area is 406 Å². The maximum atomic E-state index is 13.1. The van der Waals surface area contributed by atoms with Crippen LogP contribution in [0.25, 0.3) is 0 Å². The first-order chi connectivity index (χ1) is 31.8. The summed E-state index contributed by atoms with van der Waals surface area (Å²) in [5.41, 5.74) is -0.432. The maximum Gasteiger partial charge on any atom is 0.338 e. The first-order valence-electron chi connectivity index (χ1n) is 22.1. The van der Waals surface area contributed by atoms with E-state index in [0.717, 1.165) is 12.8 Å². The smallest absolute Gasteiger partial charge is 0.338 e. The molecule has 0 aromatic heterocycles. The summed E-state index contributed by atoms with van der Waals surface area (Å²) >= 11 is 10.4. The molecule has 2 aliphatic carbocycles. The van der Waals surface area contributed by atoms with Crippen LogP contribution in [-0.4, -0.2) is 135 Å². The van der Waals surface area contributed by atoms with Crippen molar-refractivity contribution in [3.63, 3.8) is 0 Å². The van der Waals surface area contributed by atoms with Gasteiger partial charge in [-0.15, -0.1) is 0 Å². The third-order valence-electron chi connectivity index (χ3n) is 12.9. The van der Waals surface area contributed by atoms with E-state index in [2.05, 4.69) is 0 Å². The lowest BCUT2D eigenvalue weighted by molar-refractivity contribution is -0.311. The number of hydrogen-bond acceptors (Lipinski definition) is 16. The summed E-state index contributed by atoms with van der Waals surface area (Å²) in [5.74, 6) is -1.45. The van der Waals surface area contributed by atoms with Crippen LogP contribution in [0.3, 0.4) is 0 Å². The number of aliphatic hydroxyl groups excluding tert-OH is 4. The molecule has 18 heteroatoms. The summed E-state index contributed by atoms with van der Waals surface area (Å²) in [4.78, 5) is 70.9. The van der Waals surface area contributed by atoms with E-state index in [1.54, 1.807) is 38.1 Å². The van der Waals surface area contributed by atoms with Gasteiger partial charge in [0, 0.05) is 23.8 Å². The van der Waals surface area contributed by atoms with E-state index in [-0.39, 0.29) is 48.6 Å². The van der Waals surface area contributed by atoms with E-state index in [9.17, 15) is 39.0 Å². The molecule has 372 valence electrons. The molecular weight excluding hydrogens is 927 g/mol. The molecule has 0 radical (unpaired) electrons. The number of esters is 3. The fourth-order valence-electron chi connectivity index (χ4n) is 8.66. The van der Waals surface area contributed by atoms with Gasteiger partial charge in [-0.25, -0.2) is 14.4 Å². The Balaban J connectivity index is 0.000000279. The van der Waals surface area contributed by atoms with E-state index < -0.39 is 69.6 Å². The van der Waals surface area contributed by atoms with Crippen molar-refractivity contribution < 1.29 is 77.6 Å². The van der Waals surface area contributed by atoms with Crippen LogP contribution in [-0.2, 0) is 28.4 Å². The second-order valence-electron chi connectivity index (χ2n) is 18.3. The van der Waals surface area contributed by atoms with E-state index in [1.807, 2.05) is 27.7 Å². The first kappa shape index (κ1) is 56.0. The van der Waals surface area contributed by atoms with Crippen molar-refractivity contribution in [2.75, 3.05) is 33.5 Å². The largest absolute Gasteiger partial charge is 0.460 e. The highest BCUT2D eigenvalue weighted by atomic mass is 35.5. The summed E-state index contributed by atoms with van der Waals surface area (Å²) in [6.07, 6.45) is 0.277. The van der Waals surface area contributed by atoms with E-state index >= 15 is 0 Å². The maximum absolute atomic E-state index is 13.1. The molecule has 4 saturated heterocycles. The van der Waals surface area contributed by atoms with Gasteiger partial charge < -0.3 is 48.8 Å². The number of ketones is 1. The van der Waals surface area contributed by atoms with E-state index in [4.69, 9.17) is 61.8 Å². The summed E-state index contributed by atoms with van der Waals surface area (Å²) < 4.78 is 34.0. The molecule has 3 aromatic carbocycles. The van der Waals surface area contributed by atoms with Crippen LogP contribution in [0.5, 0.6) is 0 Å². The number of rotatable bonds is 12. The Morgan fingerprint density at radius 3 is 1.22 bits per heavy atom. The molecule has 2 saturated carbocycles. The van der Waals surface area contributed by atoms with Crippen molar-refractivity contribution in [2.45, 2.75) is 121 Å². The summed E-state index contributed by atoms with van der Waals surface area (Å²) in [6.45, 7) is 13.3. The minimum Gasteiger partial charge on any atom is -0.460 e. The van der Waals surface area contributed by atoms with Crippen LogP contribution in [0.2, 0.25) is 0 Å². The van der Waals surface area contributed by atoms with Crippen molar-refractivity contribution in [2.24, 2.45) is 11.8 Å². The normalized spacial score (nSPS) is 26.7. The lowest BCUT2D eigenvalue weighted by Crippen LogP contribution is -2.69. The highest BCUT2D eigenvalue weighted by Gasteiger charge is 2.62. The number of benzene rings is 3. The van der Waals surface area contributed by atoms with Crippen LogP contribution in [0.4, 0.5) is 0 Å². The Bertz CT molecular complexity index is 2180. The lowest BCUT2D eigenvalue weighted by Gasteiger charge is -2.59. The molecule has 9 rings (SSSR count). The Morgan fingerprint density at radius 2 is 0.882 bits per heavy atom. The predicted octanol–water partition coefficient (Wildman–Crippen LogP) is 6.52. The number of methoxy groups -OCH3 is 1. The molecule has 6 fully saturated rings. The second kappa shape index (κ2) is 23.8. The van der Waals surface area contributed by atoms with Gasteiger partial charge in [-0.3, -0.25) is 14.4 Å². The molecule has 4 heterocycles. The van der Waals surface area contributed by atoms with Gasteiger partial charge in [0.2, 0.25) is 0 Å². The number of carbonyl (C=O) groups is 6. The molecule has 0 amide bonds. The minimum atomic E-state index is -1.08. The van der Waals surface area contributed by atoms with Gasteiger partial charge in [-0.05, 0) is 170 Å². The minimum absolute atomic E-state index is 0.0146. The van der Waals surface area contributed by atoms with Crippen LogP contribution in [0.1, 0.15) is 136 Å². The number of aliphatic hydroxyl groups is 4. The molecule has 6 unspecified atom stereocenters. The molecule has 0 spiro atoms. The Morgan fingerprint density at radius 1 is 0.544 bits per heavy atom. The SMILES string of the molecule is CC1(C)OC2(C)C(O)CC1CC2O.COCCOC(=O)c1ccc(C(=O)OC2CC3CC(OC(=O)c4ccc(C(C)=O)cc4)C2(C)OC3(C)C)cc1.O=C(Cl)c1ccc(C(=O)Cl)cc1.OCCO. The second-order valence-corrected chi connectivity index (χ2v) is 19.0. The van der Waals surface area contributed by atoms with Crippen LogP contribution >= 0.6 is 23.2 Å². The summed E-state index contributed by atoms with van der Waals surface area (Å²) in [7, 11) is 1.51. The van der Waals surface area contributed by atoms with Gasteiger partial charge in [-0.1, -0.05) is 12.1 Å². The molecule has 4 aliphatic heterocycles. The Hall–Kier alpha value is -4.62. The van der Waals surface area contributed by atoms with Crippen molar-refractivity contribution >= 4 is 57.4 Å². The highest BCUT2D eigenvalue weighted by molar-refractivity contribution is 6.68. The van der Waals surface area contributed by atoms with Crippen molar-refractivity contribution in [3.8, 4) is 0 Å². The zero-order valence-corrected chi connectivity index (χ0v) is 41.0. The number of Topliss-reactive ketones (excluding diaryl/α,β-unsaturated/α-hetero) is 1. The Kier molecular flexibility index (Phi) is 19.6. The van der Waals surface area contributed by atoms with Gasteiger partial charge in [0.05, 0.1) is 59.9 Å². The summed E-state index contributed by atoms with van der Waals surface area (Å²) in [6, 6.07) is 18.1. The fourth-order valence-corrected chi connectivity index (χ4v) is 8.91. The molecule has 3 aromatic rings. The molecule has 4 N–H and O–H groups in total. The average molecular weight is 990 g/mol. The first-order valence-corrected chi connectivity index (χ1v) is 22.9. The molecule has 16 nitrogen and oxygen atoms in total. The van der Waals surface area contributed by atoms with Crippen molar-refractivity contribution in [1.82, 2.24) is 0 Å². The van der Waals surface area contributed by atoms with Gasteiger partial charge in [0.15, 0.2) is 5.78 Å². The number of hydrogen-bond donors (Lipinski definition) is 4. The zero-order valence-electron chi connectivity index (χ0n) is 39.5. The third-order valence-corrected chi connectivity index (χ3v) is 13.3. The van der Waals surface area contributed by atoms with Crippen LogP contribution in [0, 0.1) is 11.8 Å². The molecular formula is C50H62Cl2O16. The average Bonchev–Trinajstić information content (AvgIpc) is 3.28. The predicted molar refractivity (Wildman–Crippen MR) is 249 cm³/mol. The fraction of sp³-hybridized carbons (Fsp3) is 0.520. The number of halogens is 2. The molecule has 6 atom stereocenters. The highest BCUT2D eigenvalue weighted by Crippen LogP contribution is 2.52. The van der Waals surface area contributed by atoms with E-state index in [1.165, 1.54) is 62.6 Å². The quantitative estimate of drug-likeness (QED) is 0.0497. The molecule has 6 aliphatic rings. The monoisotopic (exact) mass is 988 g/mol. The number of ether oxygens (including phenoxy) is 6. The topological polar surface area (TPSA) is 239 Å². The third kappa shape index (κ3) is 13.8. The molecule has 68 heavy (non-hydrogen) atoms.